The number of amides is 1. The Hall–Kier alpha value is -1.11. The molecule has 5 nitrogen and oxygen atoms in total. The molecule has 22 heavy (non-hydrogen) atoms. The number of hydrogen-bond donors (Lipinski definition) is 2. The molecule has 1 aromatic rings. The number of carbonyl (C=O) groups is 2. The second-order valence-electron chi connectivity index (χ2n) is 5.41. The van der Waals surface area contributed by atoms with E-state index in [2.05, 4.69) is 18.3 Å². The van der Waals surface area contributed by atoms with Gasteiger partial charge >= 0.3 is 5.97 Å². The standard InChI is InChI=1S/C15H22N2O3S.ClH/c1-2-12-5-6-13(21-12)8-16-14(18)10-17-7-3-4-11(9-17)15(19)20;/h5-6,11H,2-4,7-10H2,1H3,(H,16,18)(H,19,20);1H. The SMILES string of the molecule is CCc1ccc(CNC(=O)CN2CCCC(C(=O)O)C2)s1.Cl. The lowest BCUT2D eigenvalue weighted by molar-refractivity contribution is -0.144. The summed E-state index contributed by atoms with van der Waals surface area (Å²) >= 11 is 1.72. The lowest BCUT2D eigenvalue weighted by Gasteiger charge is -2.29. The number of aryl methyl sites for hydroxylation is 1. The van der Waals surface area contributed by atoms with E-state index in [1.54, 1.807) is 11.3 Å². The maximum absolute atomic E-state index is 11.9. The number of thiophene rings is 1. The van der Waals surface area contributed by atoms with Crippen LogP contribution in [0.1, 0.15) is 29.5 Å². The molecule has 0 bridgehead atoms. The minimum atomic E-state index is -0.759. The van der Waals surface area contributed by atoms with Gasteiger partial charge in [0.2, 0.25) is 5.91 Å². The molecule has 1 amide bonds. The average molecular weight is 347 g/mol. The number of rotatable bonds is 6. The molecule has 124 valence electrons. The smallest absolute Gasteiger partial charge is 0.307 e. The van der Waals surface area contributed by atoms with Crippen LogP contribution in [0, 0.1) is 5.92 Å². The first-order chi connectivity index (χ1) is 10.1. The Morgan fingerprint density at radius 2 is 2.14 bits per heavy atom. The van der Waals surface area contributed by atoms with Gasteiger partial charge in [-0.05, 0) is 37.9 Å². The van der Waals surface area contributed by atoms with E-state index in [-0.39, 0.29) is 30.8 Å². The Kier molecular flexibility index (Phi) is 7.85. The summed E-state index contributed by atoms with van der Waals surface area (Å²) in [5.41, 5.74) is 0. The number of carboxylic acids is 1. The lowest BCUT2D eigenvalue weighted by Crippen LogP contribution is -2.44. The maximum atomic E-state index is 11.9. The summed E-state index contributed by atoms with van der Waals surface area (Å²) in [6, 6.07) is 4.14. The van der Waals surface area contributed by atoms with Gasteiger partial charge in [-0.2, -0.15) is 0 Å². The van der Waals surface area contributed by atoms with Gasteiger partial charge in [-0.25, -0.2) is 0 Å². The third-order valence-corrected chi connectivity index (χ3v) is 4.98. The Balaban J connectivity index is 0.00000242. The summed E-state index contributed by atoms with van der Waals surface area (Å²) in [5, 5.41) is 12.0. The van der Waals surface area contributed by atoms with E-state index < -0.39 is 5.97 Å². The summed E-state index contributed by atoms with van der Waals surface area (Å²) in [7, 11) is 0. The molecule has 0 radical (unpaired) electrons. The van der Waals surface area contributed by atoms with E-state index >= 15 is 0 Å². The zero-order valence-electron chi connectivity index (χ0n) is 12.7. The summed E-state index contributed by atoms with van der Waals surface area (Å²) in [6.45, 7) is 4.23. The van der Waals surface area contributed by atoms with Crippen LogP contribution in [0.15, 0.2) is 12.1 Å². The fourth-order valence-corrected chi connectivity index (χ4v) is 3.45. The minimum absolute atomic E-state index is 0. The molecule has 0 aromatic carbocycles. The van der Waals surface area contributed by atoms with Crippen molar-refractivity contribution in [3.05, 3.63) is 21.9 Å². The van der Waals surface area contributed by atoms with Gasteiger partial charge in [0.1, 0.15) is 0 Å². The Bertz CT molecular complexity index is 507. The van der Waals surface area contributed by atoms with Crippen LogP contribution in [0.25, 0.3) is 0 Å². The first kappa shape index (κ1) is 18.9. The zero-order valence-corrected chi connectivity index (χ0v) is 14.3. The monoisotopic (exact) mass is 346 g/mol. The van der Waals surface area contributed by atoms with Gasteiger partial charge < -0.3 is 10.4 Å². The average Bonchev–Trinajstić information content (AvgIpc) is 2.93. The second-order valence-corrected chi connectivity index (χ2v) is 6.66. The summed E-state index contributed by atoms with van der Waals surface area (Å²) in [5.74, 6) is -1.13. The van der Waals surface area contributed by atoms with Crippen molar-refractivity contribution >= 4 is 35.6 Å². The van der Waals surface area contributed by atoms with Crippen LogP contribution in [0.4, 0.5) is 0 Å². The van der Waals surface area contributed by atoms with Crippen LogP contribution in [0.2, 0.25) is 0 Å². The van der Waals surface area contributed by atoms with Crippen LogP contribution in [-0.4, -0.2) is 41.5 Å². The largest absolute Gasteiger partial charge is 0.481 e. The number of piperidine rings is 1. The molecule has 1 fully saturated rings. The van der Waals surface area contributed by atoms with Crippen molar-refractivity contribution in [3.8, 4) is 0 Å². The molecule has 0 saturated carbocycles. The normalized spacial score (nSPS) is 18.5. The van der Waals surface area contributed by atoms with E-state index in [0.717, 1.165) is 24.3 Å². The Morgan fingerprint density at radius 3 is 2.77 bits per heavy atom. The minimum Gasteiger partial charge on any atom is -0.481 e. The van der Waals surface area contributed by atoms with Crippen molar-refractivity contribution < 1.29 is 14.7 Å². The summed E-state index contributed by atoms with van der Waals surface area (Å²) in [4.78, 5) is 27.4. The highest BCUT2D eigenvalue weighted by Crippen LogP contribution is 2.17. The van der Waals surface area contributed by atoms with Gasteiger partial charge in [0.05, 0.1) is 19.0 Å². The van der Waals surface area contributed by atoms with Crippen LogP contribution >= 0.6 is 23.7 Å². The number of carboxylic acid groups (broad SMARTS) is 1. The fourth-order valence-electron chi connectivity index (χ4n) is 2.55. The van der Waals surface area contributed by atoms with Crippen molar-refractivity contribution in [2.75, 3.05) is 19.6 Å². The highest BCUT2D eigenvalue weighted by Gasteiger charge is 2.26. The second kappa shape index (κ2) is 9.12. The third kappa shape index (κ3) is 5.59. The van der Waals surface area contributed by atoms with E-state index in [9.17, 15) is 9.59 Å². The zero-order chi connectivity index (χ0) is 15.2. The van der Waals surface area contributed by atoms with Crippen LogP contribution in [0.5, 0.6) is 0 Å². The third-order valence-electron chi connectivity index (χ3n) is 3.75. The van der Waals surface area contributed by atoms with Gasteiger partial charge in [0.15, 0.2) is 0 Å². The molecule has 1 aliphatic rings. The van der Waals surface area contributed by atoms with E-state index in [4.69, 9.17) is 5.11 Å². The molecule has 1 unspecified atom stereocenters. The highest BCUT2D eigenvalue weighted by atomic mass is 35.5. The molecule has 2 heterocycles. The number of nitrogens with zero attached hydrogens (tertiary/aromatic N) is 1. The van der Waals surface area contributed by atoms with E-state index in [0.29, 0.717) is 19.5 Å². The molecule has 7 heteroatoms. The molecule has 1 aromatic heterocycles. The van der Waals surface area contributed by atoms with E-state index in [1.807, 2.05) is 11.0 Å². The predicted octanol–water partition coefficient (Wildman–Crippen LogP) is 2.15. The van der Waals surface area contributed by atoms with Crippen LogP contribution in [-0.2, 0) is 22.6 Å². The Morgan fingerprint density at radius 1 is 1.41 bits per heavy atom. The molecule has 2 rings (SSSR count). The predicted molar refractivity (Wildman–Crippen MR) is 89.6 cm³/mol. The fraction of sp³-hybridized carbons (Fsp3) is 0.600. The lowest BCUT2D eigenvalue weighted by atomic mass is 9.98. The van der Waals surface area contributed by atoms with Crippen LogP contribution in [0.3, 0.4) is 0 Å². The molecular formula is C15H23ClN2O3S. The Labute approximate surface area is 141 Å². The van der Waals surface area contributed by atoms with Gasteiger partial charge in [-0.15, -0.1) is 23.7 Å². The topological polar surface area (TPSA) is 69.6 Å². The number of halogens is 1. The first-order valence-electron chi connectivity index (χ1n) is 7.38. The highest BCUT2D eigenvalue weighted by molar-refractivity contribution is 7.11. The van der Waals surface area contributed by atoms with Crippen molar-refractivity contribution in [1.29, 1.82) is 0 Å². The quantitative estimate of drug-likeness (QED) is 0.828. The van der Waals surface area contributed by atoms with Gasteiger partial charge in [0.25, 0.3) is 0 Å². The number of aliphatic carboxylic acids is 1. The van der Waals surface area contributed by atoms with Gasteiger partial charge in [-0.3, -0.25) is 14.5 Å². The molecule has 1 atom stereocenters. The van der Waals surface area contributed by atoms with Crippen molar-refractivity contribution in [2.24, 2.45) is 5.92 Å². The summed E-state index contributed by atoms with van der Waals surface area (Å²) < 4.78 is 0. The van der Waals surface area contributed by atoms with E-state index in [1.165, 1.54) is 4.88 Å². The number of carbonyl (C=O) groups excluding carboxylic acids is 1. The van der Waals surface area contributed by atoms with Crippen molar-refractivity contribution in [3.63, 3.8) is 0 Å². The van der Waals surface area contributed by atoms with Gasteiger partial charge in [-0.1, -0.05) is 6.92 Å². The molecular weight excluding hydrogens is 324 g/mol. The first-order valence-corrected chi connectivity index (χ1v) is 8.19. The molecule has 1 aliphatic heterocycles. The molecule has 0 spiro atoms. The molecule has 1 saturated heterocycles. The summed E-state index contributed by atoms with van der Waals surface area (Å²) in [6.07, 6.45) is 2.57. The maximum Gasteiger partial charge on any atom is 0.307 e. The van der Waals surface area contributed by atoms with Crippen molar-refractivity contribution in [2.45, 2.75) is 32.7 Å². The van der Waals surface area contributed by atoms with Crippen LogP contribution < -0.4 is 5.32 Å². The van der Waals surface area contributed by atoms with Gasteiger partial charge in [0, 0.05) is 16.3 Å². The van der Waals surface area contributed by atoms with Crippen molar-refractivity contribution in [1.82, 2.24) is 10.2 Å². The number of hydrogen-bond acceptors (Lipinski definition) is 4. The number of nitrogens with one attached hydrogen (secondary N) is 1. The molecule has 2 N–H and O–H groups in total. The number of likely N-dealkylation sites (tertiary alicyclic amines) is 1. The molecule has 0 aliphatic carbocycles.